The maximum absolute atomic E-state index is 11.6. The Morgan fingerprint density at radius 1 is 1.37 bits per heavy atom. The molecule has 1 aromatic carbocycles. The Bertz CT molecular complexity index is 643. The van der Waals surface area contributed by atoms with Gasteiger partial charge in [-0.1, -0.05) is 0 Å². The van der Waals surface area contributed by atoms with E-state index < -0.39 is 0 Å². The van der Waals surface area contributed by atoms with Crippen LogP contribution in [0.1, 0.15) is 0 Å². The largest absolute Gasteiger partial charge is 0.482 e. The molecule has 0 saturated carbocycles. The molecule has 2 heterocycles. The van der Waals surface area contributed by atoms with Gasteiger partial charge in [-0.05, 0) is 18.2 Å². The molecule has 0 unspecified atom stereocenters. The average molecular weight is 258 g/mol. The maximum atomic E-state index is 11.6. The molecule has 98 valence electrons. The lowest BCUT2D eigenvalue weighted by Gasteiger charge is -2.26. The van der Waals surface area contributed by atoms with Crippen LogP contribution in [0.25, 0.3) is 11.3 Å². The number of hydrogen-bond donors (Lipinski definition) is 1. The van der Waals surface area contributed by atoms with E-state index in [0.717, 1.165) is 16.9 Å². The van der Waals surface area contributed by atoms with Crippen molar-refractivity contribution in [3.8, 4) is 17.0 Å². The number of nitrogens with zero attached hydrogens (tertiary/aromatic N) is 3. The van der Waals surface area contributed by atoms with E-state index in [9.17, 15) is 4.79 Å². The molecule has 2 N–H and O–H groups in total. The van der Waals surface area contributed by atoms with Crippen LogP contribution in [0.4, 0.5) is 11.6 Å². The highest BCUT2D eigenvalue weighted by molar-refractivity contribution is 5.98. The molecule has 1 aromatic heterocycles. The molecule has 1 aliphatic rings. The highest BCUT2D eigenvalue weighted by Crippen LogP contribution is 2.35. The van der Waals surface area contributed by atoms with Crippen LogP contribution in [0.15, 0.2) is 24.4 Å². The Balaban J connectivity index is 2.08. The summed E-state index contributed by atoms with van der Waals surface area (Å²) < 4.78 is 7.13. The maximum Gasteiger partial charge on any atom is 0.264 e. The number of rotatable bonds is 1. The first-order valence-electron chi connectivity index (χ1n) is 5.89. The van der Waals surface area contributed by atoms with Gasteiger partial charge in [0.15, 0.2) is 12.6 Å². The van der Waals surface area contributed by atoms with Crippen molar-refractivity contribution in [2.75, 3.05) is 24.3 Å². The lowest BCUT2D eigenvalue weighted by Crippen LogP contribution is -2.35. The van der Waals surface area contributed by atoms with Crippen LogP contribution < -0.4 is 15.4 Å². The molecule has 1 amide bonds. The van der Waals surface area contributed by atoms with Gasteiger partial charge in [0.05, 0.1) is 11.4 Å². The van der Waals surface area contributed by atoms with E-state index in [1.165, 1.54) is 0 Å². The van der Waals surface area contributed by atoms with Crippen LogP contribution in [-0.4, -0.2) is 29.1 Å². The second-order valence-electron chi connectivity index (χ2n) is 4.52. The first-order valence-corrected chi connectivity index (χ1v) is 5.89. The number of nitrogens with two attached hydrogens (primary N) is 1. The highest BCUT2D eigenvalue weighted by Gasteiger charge is 2.22. The van der Waals surface area contributed by atoms with Gasteiger partial charge in [0, 0.05) is 25.9 Å². The van der Waals surface area contributed by atoms with Gasteiger partial charge in [0.25, 0.3) is 5.91 Å². The van der Waals surface area contributed by atoms with Crippen molar-refractivity contribution in [2.24, 2.45) is 7.05 Å². The lowest BCUT2D eigenvalue weighted by atomic mass is 10.1. The fraction of sp³-hybridized carbons (Fsp3) is 0.231. The van der Waals surface area contributed by atoms with Crippen molar-refractivity contribution < 1.29 is 9.53 Å². The third-order valence-electron chi connectivity index (χ3n) is 3.25. The minimum Gasteiger partial charge on any atom is -0.482 e. The molecule has 0 fully saturated rings. The molecular weight excluding hydrogens is 244 g/mol. The van der Waals surface area contributed by atoms with E-state index >= 15 is 0 Å². The smallest absolute Gasteiger partial charge is 0.264 e. The molecule has 0 radical (unpaired) electrons. The monoisotopic (exact) mass is 258 g/mol. The number of amides is 1. The molecule has 0 spiro atoms. The number of hydrogen-bond acceptors (Lipinski definition) is 4. The molecule has 3 rings (SSSR count). The summed E-state index contributed by atoms with van der Waals surface area (Å²) in [6.07, 6.45) is 1.85. The summed E-state index contributed by atoms with van der Waals surface area (Å²) >= 11 is 0. The van der Waals surface area contributed by atoms with Crippen molar-refractivity contribution in [1.29, 1.82) is 0 Å². The molecule has 19 heavy (non-hydrogen) atoms. The van der Waals surface area contributed by atoms with Crippen molar-refractivity contribution >= 4 is 17.5 Å². The summed E-state index contributed by atoms with van der Waals surface area (Å²) in [4.78, 5) is 17.5. The third kappa shape index (κ3) is 1.81. The lowest BCUT2D eigenvalue weighted by molar-refractivity contribution is -0.120. The number of fused-ring (bicyclic) bond motifs is 1. The normalized spacial score (nSPS) is 14.2. The van der Waals surface area contributed by atoms with Crippen molar-refractivity contribution in [1.82, 2.24) is 9.55 Å². The molecule has 6 nitrogen and oxygen atoms in total. The first kappa shape index (κ1) is 11.6. The standard InChI is InChI=1S/C13H14N4O2/c1-16-6-9(15-13(16)14)8-3-4-11-10(5-8)17(2)12(18)7-19-11/h3-6H,7H2,1-2H3,(H2,14,15). The number of imidazole rings is 1. The number of aromatic nitrogens is 2. The summed E-state index contributed by atoms with van der Waals surface area (Å²) in [6, 6.07) is 5.64. The van der Waals surface area contributed by atoms with Gasteiger partial charge in [-0.3, -0.25) is 4.79 Å². The summed E-state index contributed by atoms with van der Waals surface area (Å²) in [5, 5.41) is 0. The molecule has 0 bridgehead atoms. The van der Waals surface area contributed by atoms with Crippen LogP contribution in [0.3, 0.4) is 0 Å². The Hall–Kier alpha value is -2.50. The molecule has 0 aliphatic carbocycles. The number of ether oxygens (including phenoxy) is 1. The van der Waals surface area contributed by atoms with Crippen LogP contribution >= 0.6 is 0 Å². The SMILES string of the molecule is CN1C(=O)COc2ccc(-c3cn(C)c(N)n3)cc21. The van der Waals surface area contributed by atoms with E-state index in [1.54, 1.807) is 16.5 Å². The minimum absolute atomic E-state index is 0.0646. The number of nitrogen functional groups attached to an aromatic ring is 1. The Morgan fingerprint density at radius 3 is 2.84 bits per heavy atom. The highest BCUT2D eigenvalue weighted by atomic mass is 16.5. The number of likely N-dealkylation sites (N-methyl/N-ethyl adjacent to an activating group) is 1. The first-order chi connectivity index (χ1) is 9.06. The fourth-order valence-corrected chi connectivity index (χ4v) is 2.05. The number of aryl methyl sites for hydroxylation is 1. The van der Waals surface area contributed by atoms with Gasteiger partial charge >= 0.3 is 0 Å². The van der Waals surface area contributed by atoms with E-state index in [4.69, 9.17) is 10.5 Å². The average Bonchev–Trinajstić information content (AvgIpc) is 2.74. The molecule has 6 heteroatoms. The zero-order valence-electron chi connectivity index (χ0n) is 10.8. The zero-order valence-corrected chi connectivity index (χ0v) is 10.8. The second-order valence-corrected chi connectivity index (χ2v) is 4.52. The van der Waals surface area contributed by atoms with Gasteiger partial charge < -0.3 is 19.9 Å². The molecule has 2 aromatic rings. The minimum atomic E-state index is -0.0646. The summed E-state index contributed by atoms with van der Waals surface area (Å²) in [5.41, 5.74) is 8.15. The van der Waals surface area contributed by atoms with E-state index in [1.807, 2.05) is 31.4 Å². The predicted molar refractivity (Wildman–Crippen MR) is 72.0 cm³/mol. The van der Waals surface area contributed by atoms with E-state index in [2.05, 4.69) is 4.98 Å². The van der Waals surface area contributed by atoms with Gasteiger partial charge in [-0.15, -0.1) is 0 Å². The third-order valence-corrected chi connectivity index (χ3v) is 3.25. The predicted octanol–water partition coefficient (Wildman–Crippen LogP) is 1.02. The Labute approximate surface area is 110 Å². The van der Waals surface area contributed by atoms with Gasteiger partial charge in [-0.25, -0.2) is 4.98 Å². The van der Waals surface area contributed by atoms with Crippen LogP contribution in [0, 0.1) is 0 Å². The zero-order chi connectivity index (χ0) is 13.6. The Morgan fingerprint density at radius 2 is 2.16 bits per heavy atom. The van der Waals surface area contributed by atoms with Gasteiger partial charge in [0.1, 0.15) is 5.75 Å². The van der Waals surface area contributed by atoms with Gasteiger partial charge in [-0.2, -0.15) is 0 Å². The van der Waals surface area contributed by atoms with Crippen molar-refractivity contribution in [3.63, 3.8) is 0 Å². The van der Waals surface area contributed by atoms with E-state index in [-0.39, 0.29) is 12.5 Å². The quantitative estimate of drug-likeness (QED) is 0.829. The summed E-state index contributed by atoms with van der Waals surface area (Å²) in [6.45, 7) is 0.0827. The van der Waals surface area contributed by atoms with Crippen LogP contribution in [0.2, 0.25) is 0 Å². The molecule has 1 aliphatic heterocycles. The fourth-order valence-electron chi connectivity index (χ4n) is 2.05. The van der Waals surface area contributed by atoms with Crippen molar-refractivity contribution in [2.45, 2.75) is 0 Å². The molecular formula is C13H14N4O2. The van der Waals surface area contributed by atoms with Gasteiger partial charge in [0.2, 0.25) is 0 Å². The number of anilines is 2. The Kier molecular flexibility index (Phi) is 2.45. The summed E-state index contributed by atoms with van der Waals surface area (Å²) in [7, 11) is 3.57. The van der Waals surface area contributed by atoms with Crippen molar-refractivity contribution in [3.05, 3.63) is 24.4 Å². The topological polar surface area (TPSA) is 73.4 Å². The van der Waals surface area contributed by atoms with Crippen LogP contribution in [0.5, 0.6) is 5.75 Å². The van der Waals surface area contributed by atoms with E-state index in [0.29, 0.717) is 11.7 Å². The second kappa shape index (κ2) is 4.01. The summed E-state index contributed by atoms with van der Waals surface area (Å²) in [5.74, 6) is 1.09. The number of benzene rings is 1. The number of carbonyl (C=O) groups is 1. The van der Waals surface area contributed by atoms with Crippen LogP contribution in [-0.2, 0) is 11.8 Å². The molecule has 0 atom stereocenters. The number of carbonyl (C=O) groups excluding carboxylic acids is 1. The molecule has 0 saturated heterocycles.